The summed E-state index contributed by atoms with van der Waals surface area (Å²) in [6, 6.07) is 2.35. The Labute approximate surface area is 117 Å². The molecule has 0 radical (unpaired) electrons. The third-order valence-electron chi connectivity index (χ3n) is 2.71. The number of imide groups is 1. The number of aromatic carboxylic acids is 1. The van der Waals surface area contributed by atoms with Crippen molar-refractivity contribution < 1.29 is 28.7 Å². The minimum absolute atomic E-state index is 0.381. The van der Waals surface area contributed by atoms with E-state index >= 15 is 0 Å². The van der Waals surface area contributed by atoms with E-state index in [4.69, 9.17) is 5.11 Å². The van der Waals surface area contributed by atoms with Gasteiger partial charge in [-0.2, -0.15) is 0 Å². The van der Waals surface area contributed by atoms with E-state index in [-0.39, 0.29) is 13.1 Å². The Balaban J connectivity index is 2.22. The molecule has 8 nitrogen and oxygen atoms in total. The quantitative estimate of drug-likeness (QED) is 0.665. The van der Waals surface area contributed by atoms with E-state index in [0.29, 0.717) is 0 Å². The van der Waals surface area contributed by atoms with Gasteiger partial charge in [-0.15, -0.1) is 0 Å². The summed E-state index contributed by atoms with van der Waals surface area (Å²) < 4.78 is 13.6. The number of urea groups is 1. The summed E-state index contributed by atoms with van der Waals surface area (Å²) in [5, 5.41) is 13.0. The number of amides is 4. The Morgan fingerprint density at radius 1 is 1.24 bits per heavy atom. The van der Waals surface area contributed by atoms with Crippen molar-refractivity contribution >= 4 is 29.5 Å². The molecule has 1 heterocycles. The third kappa shape index (κ3) is 3.14. The Morgan fingerprint density at radius 3 is 2.43 bits per heavy atom. The lowest BCUT2D eigenvalue weighted by Gasteiger charge is -2.25. The van der Waals surface area contributed by atoms with E-state index in [1.54, 1.807) is 0 Å². The number of carboxylic acid groups (broad SMARTS) is 1. The fraction of sp³-hybridized carbons (Fsp3) is 0.167. The molecule has 2 rings (SSSR count). The molecule has 1 aliphatic heterocycles. The van der Waals surface area contributed by atoms with Gasteiger partial charge in [0, 0.05) is 0 Å². The van der Waals surface area contributed by atoms with E-state index in [0.717, 1.165) is 17.0 Å². The number of halogens is 1. The predicted molar refractivity (Wildman–Crippen MR) is 67.1 cm³/mol. The molecule has 0 unspecified atom stereocenters. The molecule has 0 aliphatic carbocycles. The zero-order valence-electron chi connectivity index (χ0n) is 10.6. The molecule has 1 aliphatic rings. The van der Waals surface area contributed by atoms with Gasteiger partial charge in [0.25, 0.3) is 0 Å². The van der Waals surface area contributed by atoms with Gasteiger partial charge in [0.2, 0.25) is 11.8 Å². The van der Waals surface area contributed by atoms with Crippen LogP contribution in [0.1, 0.15) is 10.4 Å². The lowest BCUT2D eigenvalue weighted by atomic mass is 10.1. The maximum Gasteiger partial charge on any atom is 0.337 e. The first-order valence-electron chi connectivity index (χ1n) is 5.79. The smallest absolute Gasteiger partial charge is 0.337 e. The molecular weight excluding hydrogens is 285 g/mol. The second kappa shape index (κ2) is 5.57. The van der Waals surface area contributed by atoms with Gasteiger partial charge in [-0.05, 0) is 12.1 Å². The van der Waals surface area contributed by atoms with Crippen LogP contribution in [0.3, 0.4) is 0 Å². The molecule has 0 spiro atoms. The van der Waals surface area contributed by atoms with Crippen molar-refractivity contribution in [3.63, 3.8) is 0 Å². The van der Waals surface area contributed by atoms with Gasteiger partial charge >= 0.3 is 12.0 Å². The molecule has 0 atom stereocenters. The Kier molecular flexibility index (Phi) is 3.83. The van der Waals surface area contributed by atoms with Crippen molar-refractivity contribution in [2.24, 2.45) is 0 Å². The standard InChI is InChI=1S/C12H10FN3O5/c13-7-3-1-2-6(11(19)20)10(7)15-12(21)16-4-8(17)14-9(18)5-16/h1-3H,4-5H2,(H,15,21)(H,19,20)(H,14,17,18). The predicted octanol–water partition coefficient (Wildman–Crippen LogP) is 0.0142. The fourth-order valence-corrected chi connectivity index (χ4v) is 1.80. The first-order chi connectivity index (χ1) is 9.88. The van der Waals surface area contributed by atoms with E-state index in [1.165, 1.54) is 6.07 Å². The van der Waals surface area contributed by atoms with Crippen LogP contribution in [0.25, 0.3) is 0 Å². The van der Waals surface area contributed by atoms with Gasteiger partial charge in [0.15, 0.2) is 0 Å². The number of carbonyl (C=O) groups is 4. The zero-order chi connectivity index (χ0) is 15.6. The number of nitrogens with zero attached hydrogens (tertiary/aromatic N) is 1. The maximum absolute atomic E-state index is 13.6. The van der Waals surface area contributed by atoms with Crippen LogP contribution in [-0.4, -0.2) is 46.9 Å². The monoisotopic (exact) mass is 295 g/mol. The molecule has 0 aromatic heterocycles. The van der Waals surface area contributed by atoms with Crippen LogP contribution in [0.15, 0.2) is 18.2 Å². The first-order valence-corrected chi connectivity index (χ1v) is 5.79. The molecule has 110 valence electrons. The Bertz CT molecular complexity index is 630. The van der Waals surface area contributed by atoms with Gasteiger partial charge in [-0.25, -0.2) is 14.0 Å². The Hall–Kier alpha value is -2.97. The highest BCUT2D eigenvalue weighted by Crippen LogP contribution is 2.20. The van der Waals surface area contributed by atoms with Crippen LogP contribution in [0, 0.1) is 5.82 Å². The maximum atomic E-state index is 13.6. The zero-order valence-corrected chi connectivity index (χ0v) is 10.6. The van der Waals surface area contributed by atoms with Gasteiger partial charge < -0.3 is 15.3 Å². The molecule has 4 amide bonds. The van der Waals surface area contributed by atoms with Crippen molar-refractivity contribution in [3.05, 3.63) is 29.6 Å². The highest BCUT2D eigenvalue weighted by atomic mass is 19.1. The van der Waals surface area contributed by atoms with Crippen LogP contribution in [0.2, 0.25) is 0 Å². The van der Waals surface area contributed by atoms with Gasteiger partial charge in [-0.1, -0.05) is 6.07 Å². The van der Waals surface area contributed by atoms with E-state index in [2.05, 4.69) is 5.32 Å². The summed E-state index contributed by atoms with van der Waals surface area (Å²) in [5.74, 6) is -3.70. The van der Waals surface area contributed by atoms with Crippen molar-refractivity contribution in [2.75, 3.05) is 18.4 Å². The number of carboxylic acids is 1. The number of carbonyl (C=O) groups excluding carboxylic acids is 3. The van der Waals surface area contributed by atoms with Crippen molar-refractivity contribution in [1.82, 2.24) is 10.2 Å². The summed E-state index contributed by atoms with van der Waals surface area (Å²) in [6.07, 6.45) is 0. The topological polar surface area (TPSA) is 116 Å². The molecule has 0 bridgehead atoms. The Morgan fingerprint density at radius 2 is 1.86 bits per heavy atom. The lowest BCUT2D eigenvalue weighted by Crippen LogP contribution is -2.54. The number of piperazine rings is 1. The molecule has 1 aromatic rings. The number of rotatable bonds is 2. The molecule has 3 N–H and O–H groups in total. The van der Waals surface area contributed by atoms with Gasteiger partial charge in [0.05, 0.1) is 11.3 Å². The summed E-state index contributed by atoms with van der Waals surface area (Å²) >= 11 is 0. The normalized spacial score (nSPS) is 14.6. The lowest BCUT2D eigenvalue weighted by molar-refractivity contribution is -0.134. The molecule has 9 heteroatoms. The molecule has 0 saturated carbocycles. The number of nitrogens with one attached hydrogen (secondary N) is 2. The molecule has 1 aromatic carbocycles. The van der Waals surface area contributed by atoms with E-state index < -0.39 is 40.9 Å². The second-order valence-electron chi connectivity index (χ2n) is 4.23. The van der Waals surface area contributed by atoms with E-state index in [1.807, 2.05) is 5.32 Å². The van der Waals surface area contributed by atoms with Gasteiger partial charge in [0.1, 0.15) is 18.9 Å². The van der Waals surface area contributed by atoms with Crippen molar-refractivity contribution in [1.29, 1.82) is 0 Å². The summed E-state index contributed by atoms with van der Waals surface area (Å²) in [7, 11) is 0. The third-order valence-corrected chi connectivity index (χ3v) is 2.71. The number of hydrogen-bond acceptors (Lipinski definition) is 4. The van der Waals surface area contributed by atoms with Crippen molar-refractivity contribution in [2.45, 2.75) is 0 Å². The van der Waals surface area contributed by atoms with Gasteiger partial charge in [-0.3, -0.25) is 14.9 Å². The van der Waals surface area contributed by atoms with E-state index in [9.17, 15) is 23.6 Å². The average Bonchev–Trinajstić information content (AvgIpc) is 2.39. The summed E-state index contributed by atoms with van der Waals surface area (Å²) in [5.41, 5.74) is -0.954. The first kappa shape index (κ1) is 14.4. The minimum atomic E-state index is -1.42. The minimum Gasteiger partial charge on any atom is -0.478 e. The molecule has 1 fully saturated rings. The van der Waals surface area contributed by atoms with Crippen LogP contribution in [-0.2, 0) is 9.59 Å². The van der Waals surface area contributed by atoms with Crippen LogP contribution in [0.4, 0.5) is 14.9 Å². The second-order valence-corrected chi connectivity index (χ2v) is 4.23. The highest BCUT2D eigenvalue weighted by molar-refractivity contribution is 6.05. The van der Waals surface area contributed by atoms with Crippen molar-refractivity contribution in [3.8, 4) is 0 Å². The molecular formula is C12H10FN3O5. The highest BCUT2D eigenvalue weighted by Gasteiger charge is 2.27. The van der Waals surface area contributed by atoms with Crippen LogP contribution in [0.5, 0.6) is 0 Å². The SMILES string of the molecule is O=C1CN(C(=O)Nc2c(F)cccc2C(=O)O)CC(=O)N1. The summed E-state index contributed by atoms with van der Waals surface area (Å²) in [4.78, 5) is 46.1. The number of hydrogen-bond donors (Lipinski definition) is 3. The molecule has 1 saturated heterocycles. The largest absolute Gasteiger partial charge is 0.478 e. The molecule has 21 heavy (non-hydrogen) atoms. The number of benzene rings is 1. The fourth-order valence-electron chi connectivity index (χ4n) is 1.80. The van der Waals surface area contributed by atoms with Crippen LogP contribution >= 0.6 is 0 Å². The number of anilines is 1. The summed E-state index contributed by atoms with van der Waals surface area (Å²) in [6.45, 7) is -0.761. The average molecular weight is 295 g/mol. The number of para-hydroxylation sites is 1. The van der Waals surface area contributed by atoms with Crippen LogP contribution < -0.4 is 10.6 Å².